The van der Waals surface area contributed by atoms with Crippen LogP contribution in [0.1, 0.15) is 25.1 Å². The molecule has 0 bridgehead atoms. The Hall–Kier alpha value is -3.11. The third-order valence-electron chi connectivity index (χ3n) is 5.62. The molecule has 2 aliphatic rings. The first-order valence-electron chi connectivity index (χ1n) is 11.3. The monoisotopic (exact) mass is 566 g/mol. The zero-order valence-corrected chi connectivity index (χ0v) is 23.0. The molecule has 4 rings (SSSR count). The molecule has 0 saturated carbocycles. The van der Waals surface area contributed by atoms with E-state index in [-0.39, 0.29) is 17.0 Å². The summed E-state index contributed by atoms with van der Waals surface area (Å²) in [4.78, 5) is 64.2. The van der Waals surface area contributed by atoms with Crippen molar-refractivity contribution in [1.29, 1.82) is 0 Å². The molecular formula is C21H26N8O5S3. The molecule has 0 spiro atoms. The van der Waals surface area contributed by atoms with Crippen molar-refractivity contribution in [1.82, 2.24) is 30.0 Å². The van der Waals surface area contributed by atoms with E-state index in [2.05, 4.69) is 30.9 Å². The second-order valence-corrected chi connectivity index (χ2v) is 11.2. The minimum atomic E-state index is -0.843. The number of nitrogens with one attached hydrogen (secondary N) is 3. The normalized spacial score (nSPS) is 19.4. The fourth-order valence-corrected chi connectivity index (χ4v) is 7.09. The number of oxime groups is 1. The van der Waals surface area contributed by atoms with E-state index in [9.17, 15) is 19.2 Å². The van der Waals surface area contributed by atoms with E-state index >= 15 is 0 Å². The van der Waals surface area contributed by atoms with Gasteiger partial charge < -0.3 is 15.5 Å². The Morgan fingerprint density at radius 1 is 1.38 bits per heavy atom. The van der Waals surface area contributed by atoms with Crippen molar-refractivity contribution in [2.24, 2.45) is 12.2 Å². The maximum absolute atomic E-state index is 13.0. The lowest BCUT2D eigenvalue weighted by Gasteiger charge is -2.50. The number of carbonyl (C=O) groups is 2. The van der Waals surface area contributed by atoms with Crippen LogP contribution in [-0.2, 0) is 21.5 Å². The average molecular weight is 567 g/mol. The van der Waals surface area contributed by atoms with Gasteiger partial charge in [0.2, 0.25) is 0 Å². The number of aromatic amines is 1. The van der Waals surface area contributed by atoms with Gasteiger partial charge in [-0.05, 0) is 18.9 Å². The number of hydrogen-bond donors (Lipinski definition) is 3. The van der Waals surface area contributed by atoms with E-state index in [0.717, 1.165) is 24.2 Å². The number of thioether (sulfide) groups is 2. The second kappa shape index (κ2) is 11.5. The van der Waals surface area contributed by atoms with Crippen molar-refractivity contribution in [3.05, 3.63) is 43.1 Å². The van der Waals surface area contributed by atoms with Crippen LogP contribution in [0.5, 0.6) is 0 Å². The highest BCUT2D eigenvalue weighted by molar-refractivity contribution is 8.01. The molecule has 4 heterocycles. The molecule has 2 aromatic rings. The Bertz CT molecular complexity index is 1380. The Morgan fingerprint density at radius 3 is 2.89 bits per heavy atom. The molecule has 0 aliphatic carbocycles. The highest BCUT2D eigenvalue weighted by Gasteiger charge is 2.51. The van der Waals surface area contributed by atoms with Crippen molar-refractivity contribution in [3.63, 3.8) is 0 Å². The zero-order chi connectivity index (χ0) is 26.7. The summed E-state index contributed by atoms with van der Waals surface area (Å²) in [5.41, 5.74) is 0.244. The largest absolute Gasteiger partial charge is 0.398 e. The number of rotatable bonds is 10. The number of fused-ring (bicyclic) bond motifs is 1. The highest BCUT2D eigenvalue weighted by Crippen LogP contribution is 2.41. The smallest absolute Gasteiger partial charge is 0.339 e. The van der Waals surface area contributed by atoms with Crippen LogP contribution in [0.15, 0.2) is 37.4 Å². The number of hydrogen-bond acceptors (Lipinski definition) is 12. The lowest BCUT2D eigenvalue weighted by Crippen LogP contribution is -2.70. The van der Waals surface area contributed by atoms with Gasteiger partial charge in [-0.2, -0.15) is 4.98 Å². The number of H-pyrrole nitrogens is 1. The lowest BCUT2D eigenvalue weighted by atomic mass is 10.0. The van der Waals surface area contributed by atoms with E-state index in [0.29, 0.717) is 26.7 Å². The van der Waals surface area contributed by atoms with Gasteiger partial charge in [-0.3, -0.25) is 33.9 Å². The van der Waals surface area contributed by atoms with Gasteiger partial charge in [0.05, 0.1) is 4.88 Å². The maximum Gasteiger partial charge on any atom is 0.339 e. The lowest BCUT2D eigenvalue weighted by molar-refractivity contribution is -0.144. The van der Waals surface area contributed by atoms with Gasteiger partial charge in [-0.15, -0.1) is 11.8 Å². The summed E-state index contributed by atoms with van der Waals surface area (Å²) in [6.45, 7) is 4.66. The summed E-state index contributed by atoms with van der Waals surface area (Å²) in [6, 6.07) is -0.698. The Labute approximate surface area is 224 Å². The zero-order valence-electron chi connectivity index (χ0n) is 20.6. The molecule has 0 radical (unpaired) electrons. The van der Waals surface area contributed by atoms with Crippen molar-refractivity contribution in [3.8, 4) is 0 Å². The molecule has 2 aromatic heterocycles. The predicted octanol–water partition coefficient (Wildman–Crippen LogP) is 0.564. The quantitative estimate of drug-likeness (QED) is 0.122. The van der Waals surface area contributed by atoms with Crippen LogP contribution in [0, 0.1) is 0 Å². The number of β-lactam (4-membered cyclic amide) rings is 1. The average Bonchev–Trinajstić information content (AvgIpc) is 3.34. The van der Waals surface area contributed by atoms with Gasteiger partial charge in [0.25, 0.3) is 11.8 Å². The van der Waals surface area contributed by atoms with Crippen LogP contribution in [0.25, 0.3) is 0 Å². The number of carbonyl (C=O) groups excluding carboxylic acids is 2. The first-order valence-corrected chi connectivity index (χ1v) is 14.2. The maximum atomic E-state index is 13.0. The van der Waals surface area contributed by atoms with E-state index < -0.39 is 23.1 Å². The minimum Gasteiger partial charge on any atom is -0.398 e. The number of allylic oxidation sites excluding steroid dienone is 1. The van der Waals surface area contributed by atoms with Gasteiger partial charge in [-0.1, -0.05) is 35.2 Å². The number of nitrogens with zero attached hydrogens (tertiary/aromatic N) is 5. The van der Waals surface area contributed by atoms with Gasteiger partial charge in [0.15, 0.2) is 16.0 Å². The minimum absolute atomic E-state index is 0.0555. The number of aryl methyl sites for hydroxylation is 1. The first-order chi connectivity index (χ1) is 17.7. The Balaban J connectivity index is 1.42. The van der Waals surface area contributed by atoms with Crippen molar-refractivity contribution in [2.75, 3.05) is 30.5 Å². The third kappa shape index (κ3) is 5.60. The van der Waals surface area contributed by atoms with Gasteiger partial charge in [0, 0.05) is 37.0 Å². The summed E-state index contributed by atoms with van der Waals surface area (Å²) in [5, 5.41) is 13.1. The van der Waals surface area contributed by atoms with Crippen LogP contribution in [0.2, 0.25) is 0 Å². The summed E-state index contributed by atoms with van der Waals surface area (Å²) in [6.07, 6.45) is 2.49. The van der Waals surface area contributed by atoms with E-state index in [4.69, 9.17) is 4.84 Å². The predicted molar refractivity (Wildman–Crippen MR) is 143 cm³/mol. The fourth-order valence-electron chi connectivity index (χ4n) is 3.67. The van der Waals surface area contributed by atoms with E-state index in [1.165, 1.54) is 46.7 Å². The first kappa shape index (κ1) is 26.9. The van der Waals surface area contributed by atoms with Crippen molar-refractivity contribution in [2.45, 2.75) is 36.8 Å². The molecule has 2 atom stereocenters. The summed E-state index contributed by atoms with van der Waals surface area (Å²) >= 11 is 4.12. The topological polar surface area (TPSA) is 164 Å². The Kier molecular flexibility index (Phi) is 8.39. The van der Waals surface area contributed by atoms with Crippen LogP contribution in [0.3, 0.4) is 0 Å². The second-order valence-electron chi connectivity index (χ2n) is 8.12. The molecule has 2 aliphatic heterocycles. The summed E-state index contributed by atoms with van der Waals surface area (Å²) in [5.74, 6) is 0.395. The molecule has 198 valence electrons. The number of thiazole rings is 1. The molecule has 2 amide bonds. The van der Waals surface area contributed by atoms with Gasteiger partial charge in [0.1, 0.15) is 18.5 Å². The third-order valence-corrected chi connectivity index (χ3v) is 9.03. The molecule has 1 saturated heterocycles. The highest BCUT2D eigenvalue weighted by atomic mass is 32.2. The van der Waals surface area contributed by atoms with Gasteiger partial charge >= 0.3 is 11.1 Å². The molecule has 16 heteroatoms. The molecule has 3 N–H and O–H groups in total. The summed E-state index contributed by atoms with van der Waals surface area (Å²) < 4.78 is 1.40. The van der Waals surface area contributed by atoms with E-state index in [1.54, 1.807) is 18.1 Å². The molecule has 0 aromatic carbocycles. The number of anilines is 1. The number of amides is 2. The van der Waals surface area contributed by atoms with Crippen LogP contribution in [-0.4, -0.2) is 78.8 Å². The standard InChI is InChI=1S/C21H26N8O5S3/c1-5-6-22-20-23-7-12(37-20)13(27-34-4)15(30)24-14-18(33)29-10(2)11(8-35-19(14)29)9-36-21-25-16(31)17(32)26-28(21)3/h7,14,19H,5-6,8-9H2,1-4H3,(H,22,23)(H,24,30)(H,26,32)/b27-13+. The van der Waals surface area contributed by atoms with Gasteiger partial charge in [-0.25, -0.2) is 4.98 Å². The molecule has 2 unspecified atom stereocenters. The fraction of sp³-hybridized carbons (Fsp3) is 0.476. The molecule has 37 heavy (non-hydrogen) atoms. The van der Waals surface area contributed by atoms with Crippen molar-refractivity contribution >= 4 is 57.5 Å². The summed E-state index contributed by atoms with van der Waals surface area (Å²) in [7, 11) is 2.96. The SMILES string of the molecule is CCCNc1ncc(/C(=N\OC)C(=O)NC2C(=O)N3C(C)=C(CSc4nc(=O)c(=O)[nH]n4C)CSC23)s1. The van der Waals surface area contributed by atoms with Crippen molar-refractivity contribution < 1.29 is 14.4 Å². The molecule has 13 nitrogen and oxygen atoms in total. The van der Waals surface area contributed by atoms with Crippen LogP contribution < -0.4 is 21.8 Å². The molecule has 1 fully saturated rings. The van der Waals surface area contributed by atoms with Crippen LogP contribution >= 0.6 is 34.9 Å². The van der Waals surface area contributed by atoms with Crippen LogP contribution in [0.4, 0.5) is 5.13 Å². The molecular weight excluding hydrogens is 540 g/mol. The van der Waals surface area contributed by atoms with E-state index in [1.807, 2.05) is 13.8 Å². The Morgan fingerprint density at radius 2 is 2.16 bits per heavy atom. The number of aromatic nitrogens is 4.